The maximum Gasteiger partial charge on any atom is 0.169 e. The number of hydrogen-bond acceptors (Lipinski definition) is 3. The first-order valence-corrected chi connectivity index (χ1v) is 6.59. The quantitative estimate of drug-likeness (QED) is 0.602. The molecule has 1 aromatic heterocycles. The van der Waals surface area contributed by atoms with Crippen LogP contribution in [0, 0.1) is 0 Å². The molecular weight excluding hydrogens is 246 g/mol. The van der Waals surface area contributed by atoms with E-state index in [0.717, 1.165) is 37.8 Å². The summed E-state index contributed by atoms with van der Waals surface area (Å²) < 4.78 is 5.00. The van der Waals surface area contributed by atoms with Crippen LogP contribution in [0.1, 0.15) is 18.9 Å². The summed E-state index contributed by atoms with van der Waals surface area (Å²) >= 11 is 5.38. The van der Waals surface area contributed by atoms with Crippen molar-refractivity contribution in [2.24, 2.45) is 0 Å². The first kappa shape index (κ1) is 14.9. The van der Waals surface area contributed by atoms with Gasteiger partial charge in [-0.25, -0.2) is 0 Å². The fourth-order valence-corrected chi connectivity index (χ4v) is 1.86. The molecular formula is C13H21N3OS. The minimum absolute atomic E-state index is 0.756. The maximum atomic E-state index is 5.38. The number of aromatic nitrogens is 1. The summed E-state index contributed by atoms with van der Waals surface area (Å²) in [6.07, 6.45) is 4.57. The summed E-state index contributed by atoms with van der Waals surface area (Å²) in [5.41, 5.74) is 1.22. The van der Waals surface area contributed by atoms with Crippen molar-refractivity contribution in [3.8, 4) is 0 Å². The number of ether oxygens (including phenoxy) is 1. The number of thiocarbonyl (C=S) groups is 1. The van der Waals surface area contributed by atoms with Crippen molar-refractivity contribution in [2.45, 2.75) is 19.9 Å². The Labute approximate surface area is 114 Å². The Bertz CT molecular complexity index is 345. The van der Waals surface area contributed by atoms with E-state index in [4.69, 9.17) is 17.0 Å². The van der Waals surface area contributed by atoms with Gasteiger partial charge in [0.2, 0.25) is 0 Å². The van der Waals surface area contributed by atoms with Gasteiger partial charge < -0.3 is 15.0 Å². The molecule has 0 unspecified atom stereocenters. The first-order chi connectivity index (χ1) is 8.77. The lowest BCUT2D eigenvalue weighted by Crippen LogP contribution is -2.39. The van der Waals surface area contributed by atoms with E-state index in [-0.39, 0.29) is 0 Å². The second-order valence-corrected chi connectivity index (χ2v) is 4.33. The monoisotopic (exact) mass is 267 g/mol. The van der Waals surface area contributed by atoms with E-state index in [1.807, 2.05) is 12.1 Å². The molecule has 1 N–H and O–H groups in total. The lowest BCUT2D eigenvalue weighted by atomic mass is 10.2. The third-order valence-corrected chi connectivity index (χ3v) is 3.00. The molecule has 0 radical (unpaired) electrons. The largest absolute Gasteiger partial charge is 0.385 e. The Balaban J connectivity index is 2.38. The average Bonchev–Trinajstić information content (AvgIpc) is 2.42. The number of pyridine rings is 1. The van der Waals surface area contributed by atoms with Crippen LogP contribution in [0.2, 0.25) is 0 Å². The van der Waals surface area contributed by atoms with E-state index >= 15 is 0 Å². The van der Waals surface area contributed by atoms with Crippen molar-refractivity contribution >= 4 is 17.3 Å². The molecule has 0 atom stereocenters. The summed E-state index contributed by atoms with van der Waals surface area (Å²) in [6, 6.07) is 4.02. The highest BCUT2D eigenvalue weighted by atomic mass is 32.1. The van der Waals surface area contributed by atoms with Gasteiger partial charge in [-0.2, -0.15) is 0 Å². The zero-order valence-electron chi connectivity index (χ0n) is 11.1. The van der Waals surface area contributed by atoms with E-state index in [1.165, 1.54) is 5.56 Å². The maximum absolute atomic E-state index is 5.38. The molecule has 0 fully saturated rings. The number of hydrogen-bond donors (Lipinski definition) is 1. The molecule has 0 aliphatic heterocycles. The highest BCUT2D eigenvalue weighted by molar-refractivity contribution is 7.80. The smallest absolute Gasteiger partial charge is 0.169 e. The Kier molecular flexibility index (Phi) is 7.29. The Morgan fingerprint density at radius 1 is 1.44 bits per heavy atom. The van der Waals surface area contributed by atoms with Gasteiger partial charge in [0.05, 0.1) is 0 Å². The van der Waals surface area contributed by atoms with Crippen molar-refractivity contribution in [2.75, 3.05) is 26.8 Å². The third-order valence-electron chi connectivity index (χ3n) is 2.59. The van der Waals surface area contributed by atoms with Gasteiger partial charge in [-0.15, -0.1) is 0 Å². The van der Waals surface area contributed by atoms with Gasteiger partial charge in [0.1, 0.15) is 0 Å². The highest BCUT2D eigenvalue weighted by Crippen LogP contribution is 2.03. The number of nitrogens with one attached hydrogen (secondary N) is 1. The molecule has 0 aromatic carbocycles. The van der Waals surface area contributed by atoms with Gasteiger partial charge in [-0.05, 0) is 43.3 Å². The first-order valence-electron chi connectivity index (χ1n) is 6.18. The fourth-order valence-electron chi connectivity index (χ4n) is 1.56. The van der Waals surface area contributed by atoms with Crippen LogP contribution in [-0.2, 0) is 11.3 Å². The molecule has 0 saturated heterocycles. The van der Waals surface area contributed by atoms with Crippen LogP contribution in [0.3, 0.4) is 0 Å². The predicted molar refractivity (Wildman–Crippen MR) is 77.4 cm³/mol. The van der Waals surface area contributed by atoms with Gasteiger partial charge in [-0.1, -0.05) is 0 Å². The molecule has 18 heavy (non-hydrogen) atoms. The molecule has 1 aromatic rings. The van der Waals surface area contributed by atoms with E-state index in [0.29, 0.717) is 0 Å². The summed E-state index contributed by atoms with van der Waals surface area (Å²) in [5, 5.41) is 4.05. The summed E-state index contributed by atoms with van der Waals surface area (Å²) in [7, 11) is 1.71. The summed E-state index contributed by atoms with van der Waals surface area (Å²) in [4.78, 5) is 6.15. The van der Waals surface area contributed by atoms with Crippen molar-refractivity contribution in [1.29, 1.82) is 0 Å². The Morgan fingerprint density at radius 2 is 2.17 bits per heavy atom. The highest BCUT2D eigenvalue weighted by Gasteiger charge is 2.07. The van der Waals surface area contributed by atoms with Gasteiger partial charge in [0, 0.05) is 45.7 Å². The van der Waals surface area contributed by atoms with Crippen LogP contribution >= 0.6 is 12.2 Å². The third kappa shape index (κ3) is 5.42. The van der Waals surface area contributed by atoms with E-state index < -0.39 is 0 Å². The predicted octanol–water partition coefficient (Wildman–Crippen LogP) is 1.81. The molecule has 1 rings (SSSR count). The molecule has 0 aliphatic rings. The molecule has 0 amide bonds. The molecule has 0 saturated carbocycles. The van der Waals surface area contributed by atoms with Crippen LogP contribution in [0.4, 0.5) is 0 Å². The lowest BCUT2D eigenvalue weighted by Gasteiger charge is -2.24. The van der Waals surface area contributed by atoms with Gasteiger partial charge >= 0.3 is 0 Å². The average molecular weight is 267 g/mol. The second kappa shape index (κ2) is 8.83. The van der Waals surface area contributed by atoms with Crippen LogP contribution in [0.25, 0.3) is 0 Å². The van der Waals surface area contributed by atoms with Crippen molar-refractivity contribution in [3.05, 3.63) is 30.1 Å². The van der Waals surface area contributed by atoms with Crippen LogP contribution in [0.5, 0.6) is 0 Å². The van der Waals surface area contributed by atoms with Gasteiger partial charge in [-0.3, -0.25) is 4.98 Å². The lowest BCUT2D eigenvalue weighted by molar-refractivity contribution is 0.195. The Morgan fingerprint density at radius 3 is 2.78 bits per heavy atom. The SMILES string of the molecule is CCN(Cc1ccncc1)C(=S)NCCCOC. The number of methoxy groups -OCH3 is 1. The molecule has 0 aliphatic carbocycles. The van der Waals surface area contributed by atoms with E-state index in [9.17, 15) is 0 Å². The number of rotatable bonds is 7. The summed E-state index contributed by atoms with van der Waals surface area (Å²) in [6.45, 7) is 5.41. The fraction of sp³-hybridized carbons (Fsp3) is 0.538. The molecule has 5 heteroatoms. The normalized spacial score (nSPS) is 10.1. The standard InChI is InChI=1S/C13H21N3OS/c1-3-16(11-12-5-8-14-9-6-12)13(18)15-7-4-10-17-2/h5-6,8-9H,3-4,7,10-11H2,1-2H3,(H,15,18). The van der Waals surface area contributed by atoms with Crippen molar-refractivity contribution in [3.63, 3.8) is 0 Å². The molecule has 0 spiro atoms. The second-order valence-electron chi connectivity index (χ2n) is 3.95. The minimum Gasteiger partial charge on any atom is -0.385 e. The molecule has 100 valence electrons. The van der Waals surface area contributed by atoms with Crippen LogP contribution in [-0.4, -0.2) is 41.8 Å². The van der Waals surface area contributed by atoms with Crippen LogP contribution in [0.15, 0.2) is 24.5 Å². The van der Waals surface area contributed by atoms with Crippen LogP contribution < -0.4 is 5.32 Å². The Hall–Kier alpha value is -1.20. The molecule has 4 nitrogen and oxygen atoms in total. The van der Waals surface area contributed by atoms with Gasteiger partial charge in [0.25, 0.3) is 0 Å². The number of nitrogens with zero attached hydrogens (tertiary/aromatic N) is 2. The summed E-state index contributed by atoms with van der Waals surface area (Å²) in [5.74, 6) is 0. The molecule has 1 heterocycles. The van der Waals surface area contributed by atoms with Crippen molar-refractivity contribution < 1.29 is 4.74 Å². The molecule has 0 bridgehead atoms. The van der Waals surface area contributed by atoms with Crippen molar-refractivity contribution in [1.82, 2.24) is 15.2 Å². The van der Waals surface area contributed by atoms with E-state index in [2.05, 4.69) is 22.1 Å². The zero-order chi connectivity index (χ0) is 13.2. The topological polar surface area (TPSA) is 37.4 Å². The van der Waals surface area contributed by atoms with E-state index in [1.54, 1.807) is 19.5 Å². The zero-order valence-corrected chi connectivity index (χ0v) is 11.9. The minimum atomic E-state index is 0.756. The van der Waals surface area contributed by atoms with Gasteiger partial charge in [0.15, 0.2) is 5.11 Å².